The molecule has 0 aliphatic heterocycles. The van der Waals surface area contributed by atoms with Gasteiger partial charge in [-0.05, 0) is 6.92 Å². The highest BCUT2D eigenvalue weighted by Crippen LogP contribution is 2.15. The lowest BCUT2D eigenvalue weighted by Gasteiger charge is -2.12. The van der Waals surface area contributed by atoms with Crippen molar-refractivity contribution in [3.05, 3.63) is 12.7 Å². The maximum atomic E-state index is 11.4. The normalized spacial score (nSPS) is 14.0. The van der Waals surface area contributed by atoms with Crippen molar-refractivity contribution in [1.29, 1.82) is 0 Å². The maximum Gasteiger partial charge on any atom is 0.307 e. The Morgan fingerprint density at radius 1 is 1.53 bits per heavy atom. The van der Waals surface area contributed by atoms with E-state index in [1.807, 2.05) is 0 Å². The number of aliphatic carboxylic acids is 1. The van der Waals surface area contributed by atoms with Crippen molar-refractivity contribution < 1.29 is 14.7 Å². The molecule has 86 valence electrons. The molecule has 0 saturated heterocycles. The maximum absolute atomic E-state index is 11.4. The molecule has 0 aliphatic rings. The fourth-order valence-corrected chi connectivity index (χ4v) is 1.71. The van der Waals surface area contributed by atoms with E-state index in [4.69, 9.17) is 5.11 Å². The Bertz CT molecular complexity index is 243. The zero-order valence-electron chi connectivity index (χ0n) is 9.03. The molecule has 15 heavy (non-hydrogen) atoms. The molecule has 5 heteroatoms. The van der Waals surface area contributed by atoms with Crippen LogP contribution in [0.5, 0.6) is 0 Å². The van der Waals surface area contributed by atoms with E-state index in [2.05, 4.69) is 11.9 Å². The van der Waals surface area contributed by atoms with Crippen molar-refractivity contribution in [2.24, 2.45) is 5.92 Å². The average Bonchev–Trinajstić information content (AvgIpc) is 2.21. The Balaban J connectivity index is 3.82. The number of carbonyl (C=O) groups excluding carboxylic acids is 1. The van der Waals surface area contributed by atoms with Gasteiger partial charge in [0.2, 0.25) is 5.91 Å². The van der Waals surface area contributed by atoms with E-state index in [1.165, 1.54) is 11.8 Å². The number of carbonyl (C=O) groups is 2. The third-order valence-electron chi connectivity index (χ3n) is 1.81. The summed E-state index contributed by atoms with van der Waals surface area (Å²) in [5.41, 5.74) is 0. The van der Waals surface area contributed by atoms with E-state index in [0.29, 0.717) is 12.3 Å². The first-order valence-electron chi connectivity index (χ1n) is 4.72. The number of hydrogen-bond acceptors (Lipinski definition) is 3. The molecule has 0 aromatic rings. The van der Waals surface area contributed by atoms with Gasteiger partial charge < -0.3 is 10.4 Å². The molecule has 0 saturated carbocycles. The number of rotatable bonds is 7. The van der Waals surface area contributed by atoms with Crippen molar-refractivity contribution in [3.63, 3.8) is 0 Å². The Morgan fingerprint density at radius 2 is 2.13 bits per heavy atom. The van der Waals surface area contributed by atoms with Gasteiger partial charge in [-0.2, -0.15) is 0 Å². The fourth-order valence-electron chi connectivity index (χ4n) is 0.752. The van der Waals surface area contributed by atoms with Gasteiger partial charge in [0.25, 0.3) is 0 Å². The van der Waals surface area contributed by atoms with Gasteiger partial charge in [-0.3, -0.25) is 9.59 Å². The second-order valence-electron chi connectivity index (χ2n) is 3.25. The molecule has 4 nitrogen and oxygen atoms in total. The molecule has 0 aromatic heterocycles. The first-order valence-corrected chi connectivity index (χ1v) is 5.77. The van der Waals surface area contributed by atoms with Crippen LogP contribution < -0.4 is 5.32 Å². The molecule has 2 atom stereocenters. The summed E-state index contributed by atoms with van der Waals surface area (Å²) < 4.78 is 0. The van der Waals surface area contributed by atoms with Gasteiger partial charge >= 0.3 is 5.97 Å². The van der Waals surface area contributed by atoms with Crippen molar-refractivity contribution in [2.75, 3.05) is 12.3 Å². The summed E-state index contributed by atoms with van der Waals surface area (Å²) in [7, 11) is 0. The number of carboxylic acids is 1. The third kappa shape index (κ3) is 6.17. The second-order valence-corrected chi connectivity index (χ2v) is 4.62. The van der Waals surface area contributed by atoms with Crippen LogP contribution in [0, 0.1) is 5.92 Å². The lowest BCUT2D eigenvalue weighted by Crippen LogP contribution is -2.31. The number of hydrogen-bond donors (Lipinski definition) is 2. The number of carboxylic acid groups (broad SMARTS) is 1. The summed E-state index contributed by atoms with van der Waals surface area (Å²) in [5.74, 6) is -0.902. The second kappa shape index (κ2) is 7.34. The van der Waals surface area contributed by atoms with Gasteiger partial charge in [0.15, 0.2) is 0 Å². The van der Waals surface area contributed by atoms with E-state index in [-0.39, 0.29) is 11.2 Å². The van der Waals surface area contributed by atoms with Crippen molar-refractivity contribution in [2.45, 2.75) is 19.1 Å². The minimum absolute atomic E-state index is 0.0857. The zero-order chi connectivity index (χ0) is 11.8. The molecule has 0 fully saturated rings. The Hall–Kier alpha value is -0.970. The van der Waals surface area contributed by atoms with Crippen LogP contribution in [-0.4, -0.2) is 34.5 Å². The topological polar surface area (TPSA) is 66.4 Å². The van der Waals surface area contributed by atoms with Gasteiger partial charge in [-0.1, -0.05) is 13.0 Å². The Morgan fingerprint density at radius 3 is 2.60 bits per heavy atom. The average molecular weight is 231 g/mol. The summed E-state index contributed by atoms with van der Waals surface area (Å²) in [5, 5.41) is 11.1. The van der Waals surface area contributed by atoms with Crippen LogP contribution in [0.2, 0.25) is 0 Å². The number of thioether (sulfide) groups is 1. The SMILES string of the molecule is C=CCNC(=O)C(C)SCC(C)C(=O)O. The third-order valence-corrected chi connectivity index (χ3v) is 3.21. The Kier molecular flexibility index (Phi) is 6.86. The smallest absolute Gasteiger partial charge is 0.307 e. The van der Waals surface area contributed by atoms with E-state index >= 15 is 0 Å². The lowest BCUT2D eigenvalue weighted by molar-refractivity contribution is -0.140. The van der Waals surface area contributed by atoms with Gasteiger partial charge in [0.05, 0.1) is 11.2 Å². The largest absolute Gasteiger partial charge is 0.481 e. The van der Waals surface area contributed by atoms with E-state index in [9.17, 15) is 9.59 Å². The van der Waals surface area contributed by atoms with Crippen LogP contribution >= 0.6 is 11.8 Å². The van der Waals surface area contributed by atoms with Crippen LogP contribution in [0.15, 0.2) is 12.7 Å². The molecule has 0 aromatic carbocycles. The van der Waals surface area contributed by atoms with Crippen LogP contribution in [0.1, 0.15) is 13.8 Å². The van der Waals surface area contributed by atoms with Crippen molar-refractivity contribution >= 4 is 23.6 Å². The van der Waals surface area contributed by atoms with Crippen LogP contribution in [-0.2, 0) is 9.59 Å². The molecule has 2 N–H and O–H groups in total. The fraction of sp³-hybridized carbons (Fsp3) is 0.600. The van der Waals surface area contributed by atoms with Crippen LogP contribution in [0.25, 0.3) is 0 Å². The minimum Gasteiger partial charge on any atom is -0.481 e. The van der Waals surface area contributed by atoms with Crippen LogP contribution in [0.4, 0.5) is 0 Å². The standard InChI is InChI=1S/C10H17NO3S/c1-4-5-11-9(12)8(3)15-6-7(2)10(13)14/h4,7-8H,1,5-6H2,2-3H3,(H,11,12)(H,13,14). The molecule has 1 amide bonds. The van der Waals surface area contributed by atoms with Gasteiger partial charge in [-0.15, -0.1) is 18.3 Å². The summed E-state index contributed by atoms with van der Waals surface area (Å²) >= 11 is 1.34. The monoisotopic (exact) mass is 231 g/mol. The molecular formula is C10H17NO3S. The first kappa shape index (κ1) is 14.0. The number of nitrogens with one attached hydrogen (secondary N) is 1. The Labute approximate surface area is 94.1 Å². The van der Waals surface area contributed by atoms with Crippen molar-refractivity contribution in [3.8, 4) is 0 Å². The highest BCUT2D eigenvalue weighted by Gasteiger charge is 2.17. The van der Waals surface area contributed by atoms with Gasteiger partial charge in [0.1, 0.15) is 0 Å². The minimum atomic E-state index is -0.832. The zero-order valence-corrected chi connectivity index (χ0v) is 9.84. The molecule has 0 spiro atoms. The number of amides is 1. The molecule has 0 aliphatic carbocycles. The molecule has 0 radical (unpaired) electrons. The van der Waals surface area contributed by atoms with E-state index < -0.39 is 11.9 Å². The van der Waals surface area contributed by atoms with Crippen LogP contribution in [0.3, 0.4) is 0 Å². The van der Waals surface area contributed by atoms with E-state index in [1.54, 1.807) is 19.9 Å². The molecule has 0 bridgehead atoms. The molecule has 2 unspecified atom stereocenters. The highest BCUT2D eigenvalue weighted by molar-refractivity contribution is 8.00. The summed E-state index contributed by atoms with van der Waals surface area (Å²) in [6.07, 6.45) is 1.61. The molecule has 0 rings (SSSR count). The molecule has 0 heterocycles. The van der Waals surface area contributed by atoms with Gasteiger partial charge in [-0.25, -0.2) is 0 Å². The summed E-state index contributed by atoms with van der Waals surface area (Å²) in [6.45, 7) is 7.32. The molecular weight excluding hydrogens is 214 g/mol. The van der Waals surface area contributed by atoms with Gasteiger partial charge in [0, 0.05) is 12.3 Å². The lowest BCUT2D eigenvalue weighted by atomic mass is 10.2. The van der Waals surface area contributed by atoms with Crippen molar-refractivity contribution in [1.82, 2.24) is 5.32 Å². The quantitative estimate of drug-likeness (QED) is 0.645. The summed E-state index contributed by atoms with van der Waals surface area (Å²) in [6, 6.07) is 0. The first-order chi connectivity index (χ1) is 6.99. The predicted octanol–water partition coefficient (Wildman–Crippen LogP) is 1.13. The summed E-state index contributed by atoms with van der Waals surface area (Å²) in [4.78, 5) is 21.9. The highest BCUT2D eigenvalue weighted by atomic mass is 32.2. The predicted molar refractivity (Wildman–Crippen MR) is 61.9 cm³/mol. The van der Waals surface area contributed by atoms with E-state index in [0.717, 1.165) is 0 Å².